The lowest BCUT2D eigenvalue weighted by Gasteiger charge is -2.26. The second kappa shape index (κ2) is 5.70. The lowest BCUT2D eigenvalue weighted by atomic mass is 9.98. The fourth-order valence-corrected chi connectivity index (χ4v) is 3.26. The van der Waals surface area contributed by atoms with E-state index in [0.717, 1.165) is 35.4 Å². The number of pyridine rings is 1. The molecule has 1 aliphatic rings. The molecule has 3 heterocycles. The van der Waals surface area contributed by atoms with E-state index in [1.165, 1.54) is 0 Å². The summed E-state index contributed by atoms with van der Waals surface area (Å²) in [7, 11) is 1.79. The topological polar surface area (TPSA) is 63.9 Å². The molecule has 6 heteroatoms. The molecule has 24 heavy (non-hydrogen) atoms. The monoisotopic (exact) mass is 321 g/mol. The summed E-state index contributed by atoms with van der Waals surface area (Å²) in [4.78, 5) is 23.5. The van der Waals surface area contributed by atoms with Gasteiger partial charge in [-0.3, -0.25) is 9.69 Å². The number of carbonyl (C=O) groups is 1. The molecule has 0 aliphatic carbocycles. The van der Waals surface area contributed by atoms with Crippen LogP contribution in [-0.4, -0.2) is 32.7 Å². The molecule has 4 rings (SSSR count). The SMILES string of the molecule is Cc1nc2n(n1)CC(C(=O)N(C)c1ccc3ccccc3n1)CC2. The van der Waals surface area contributed by atoms with E-state index in [4.69, 9.17) is 0 Å². The first-order chi connectivity index (χ1) is 11.6. The maximum absolute atomic E-state index is 12.9. The first-order valence-corrected chi connectivity index (χ1v) is 8.15. The number of anilines is 1. The van der Waals surface area contributed by atoms with Crippen LogP contribution in [0.4, 0.5) is 5.82 Å². The second-order valence-electron chi connectivity index (χ2n) is 6.25. The lowest BCUT2D eigenvalue weighted by Crippen LogP contribution is -2.38. The van der Waals surface area contributed by atoms with E-state index in [0.29, 0.717) is 12.4 Å². The molecule has 0 saturated carbocycles. The molecule has 3 aromatic rings. The van der Waals surface area contributed by atoms with E-state index in [2.05, 4.69) is 15.1 Å². The maximum atomic E-state index is 12.9. The second-order valence-corrected chi connectivity index (χ2v) is 6.25. The van der Waals surface area contributed by atoms with Gasteiger partial charge in [0.15, 0.2) is 0 Å². The van der Waals surface area contributed by atoms with Crippen molar-refractivity contribution in [3.05, 3.63) is 48.0 Å². The number of hydrogen-bond acceptors (Lipinski definition) is 4. The van der Waals surface area contributed by atoms with Gasteiger partial charge in [0.2, 0.25) is 5.91 Å². The van der Waals surface area contributed by atoms with E-state index in [1.54, 1.807) is 11.9 Å². The van der Waals surface area contributed by atoms with Crippen LogP contribution in [-0.2, 0) is 17.8 Å². The predicted octanol–water partition coefficient (Wildman–Crippen LogP) is 2.36. The van der Waals surface area contributed by atoms with Crippen molar-refractivity contribution in [1.29, 1.82) is 0 Å². The average Bonchev–Trinajstić information content (AvgIpc) is 2.99. The van der Waals surface area contributed by atoms with Crippen molar-refractivity contribution in [2.45, 2.75) is 26.3 Å². The molecule has 122 valence electrons. The Morgan fingerprint density at radius 2 is 2.04 bits per heavy atom. The minimum atomic E-state index is -0.0862. The molecule has 0 fully saturated rings. The van der Waals surface area contributed by atoms with Crippen LogP contribution in [0.5, 0.6) is 0 Å². The van der Waals surface area contributed by atoms with Crippen LogP contribution in [0.2, 0.25) is 0 Å². The molecule has 1 aliphatic heterocycles. The summed E-state index contributed by atoms with van der Waals surface area (Å²) in [5.41, 5.74) is 0.896. The van der Waals surface area contributed by atoms with Crippen LogP contribution in [0.25, 0.3) is 10.9 Å². The number of amides is 1. The molecule has 1 atom stereocenters. The lowest BCUT2D eigenvalue weighted by molar-refractivity contribution is -0.123. The zero-order valence-corrected chi connectivity index (χ0v) is 13.8. The van der Waals surface area contributed by atoms with Gasteiger partial charge < -0.3 is 0 Å². The minimum absolute atomic E-state index is 0.0802. The number of para-hydroxylation sites is 1. The van der Waals surface area contributed by atoms with Gasteiger partial charge in [0.1, 0.15) is 17.5 Å². The van der Waals surface area contributed by atoms with Gasteiger partial charge in [0, 0.05) is 18.9 Å². The Morgan fingerprint density at radius 1 is 1.21 bits per heavy atom. The highest BCUT2D eigenvalue weighted by atomic mass is 16.2. The standard InChI is InChI=1S/C18H19N5O/c1-12-19-17-10-8-14(11-23(17)21-12)18(24)22(2)16-9-7-13-5-3-4-6-15(13)20-16/h3-7,9,14H,8,10-11H2,1-2H3. The zero-order valence-electron chi connectivity index (χ0n) is 13.8. The van der Waals surface area contributed by atoms with Crippen LogP contribution >= 0.6 is 0 Å². The van der Waals surface area contributed by atoms with Gasteiger partial charge >= 0.3 is 0 Å². The zero-order chi connectivity index (χ0) is 16.7. The van der Waals surface area contributed by atoms with E-state index in [-0.39, 0.29) is 11.8 Å². The largest absolute Gasteiger partial charge is 0.300 e. The van der Waals surface area contributed by atoms with Gasteiger partial charge in [-0.25, -0.2) is 14.6 Å². The molecule has 2 aromatic heterocycles. The van der Waals surface area contributed by atoms with Crippen molar-refractivity contribution in [2.75, 3.05) is 11.9 Å². The Labute approximate surface area is 140 Å². The highest BCUT2D eigenvalue weighted by Gasteiger charge is 2.29. The minimum Gasteiger partial charge on any atom is -0.300 e. The van der Waals surface area contributed by atoms with Gasteiger partial charge in [0.05, 0.1) is 18.0 Å². The van der Waals surface area contributed by atoms with Crippen molar-refractivity contribution in [1.82, 2.24) is 19.7 Å². The Bertz CT molecular complexity index is 917. The van der Waals surface area contributed by atoms with E-state index in [1.807, 2.05) is 48.0 Å². The van der Waals surface area contributed by atoms with Gasteiger partial charge in [-0.2, -0.15) is 5.10 Å². The van der Waals surface area contributed by atoms with Crippen molar-refractivity contribution < 1.29 is 4.79 Å². The van der Waals surface area contributed by atoms with Crippen LogP contribution in [0.1, 0.15) is 18.1 Å². The number of aryl methyl sites for hydroxylation is 2. The van der Waals surface area contributed by atoms with E-state index < -0.39 is 0 Å². The summed E-state index contributed by atoms with van der Waals surface area (Å²) in [6.07, 6.45) is 1.59. The molecule has 0 N–H and O–H groups in total. The van der Waals surface area contributed by atoms with Gasteiger partial charge in [-0.15, -0.1) is 0 Å². The Kier molecular flexibility index (Phi) is 3.52. The first-order valence-electron chi connectivity index (χ1n) is 8.15. The summed E-state index contributed by atoms with van der Waals surface area (Å²) in [5.74, 6) is 2.42. The average molecular weight is 321 g/mol. The Hall–Kier alpha value is -2.76. The van der Waals surface area contributed by atoms with Crippen LogP contribution in [0, 0.1) is 12.8 Å². The molecular weight excluding hydrogens is 302 g/mol. The summed E-state index contributed by atoms with van der Waals surface area (Å²) in [5, 5.41) is 5.45. The number of carbonyl (C=O) groups excluding carboxylic acids is 1. The summed E-state index contributed by atoms with van der Waals surface area (Å²) in [6, 6.07) is 11.8. The maximum Gasteiger partial charge on any atom is 0.232 e. The molecule has 0 spiro atoms. The Balaban J connectivity index is 1.57. The fraction of sp³-hybridized carbons (Fsp3) is 0.333. The van der Waals surface area contributed by atoms with Crippen LogP contribution in [0.15, 0.2) is 36.4 Å². The third kappa shape index (κ3) is 2.54. The molecule has 1 aromatic carbocycles. The number of fused-ring (bicyclic) bond motifs is 2. The third-order valence-electron chi connectivity index (χ3n) is 4.57. The van der Waals surface area contributed by atoms with Crippen LogP contribution in [0.3, 0.4) is 0 Å². The molecule has 0 saturated heterocycles. The summed E-state index contributed by atoms with van der Waals surface area (Å²) < 4.78 is 1.86. The summed E-state index contributed by atoms with van der Waals surface area (Å²) in [6.45, 7) is 2.47. The van der Waals surface area contributed by atoms with Gasteiger partial charge in [0.25, 0.3) is 0 Å². The highest BCUT2D eigenvalue weighted by Crippen LogP contribution is 2.23. The number of aromatic nitrogens is 4. The normalized spacial score (nSPS) is 16.8. The van der Waals surface area contributed by atoms with E-state index in [9.17, 15) is 4.79 Å². The van der Waals surface area contributed by atoms with Gasteiger partial charge in [-0.05, 0) is 31.5 Å². The van der Waals surface area contributed by atoms with E-state index >= 15 is 0 Å². The summed E-state index contributed by atoms with van der Waals surface area (Å²) >= 11 is 0. The number of hydrogen-bond donors (Lipinski definition) is 0. The number of rotatable bonds is 2. The Morgan fingerprint density at radius 3 is 2.92 bits per heavy atom. The quantitative estimate of drug-likeness (QED) is 0.727. The molecule has 6 nitrogen and oxygen atoms in total. The number of nitrogens with zero attached hydrogens (tertiary/aromatic N) is 5. The van der Waals surface area contributed by atoms with Gasteiger partial charge in [-0.1, -0.05) is 18.2 Å². The molecule has 0 radical (unpaired) electrons. The first kappa shape index (κ1) is 14.8. The van der Waals surface area contributed by atoms with Crippen molar-refractivity contribution in [3.8, 4) is 0 Å². The molecule has 1 unspecified atom stereocenters. The predicted molar refractivity (Wildman–Crippen MR) is 91.7 cm³/mol. The van der Waals surface area contributed by atoms with Crippen molar-refractivity contribution in [2.24, 2.45) is 5.92 Å². The fourth-order valence-electron chi connectivity index (χ4n) is 3.26. The van der Waals surface area contributed by atoms with Crippen molar-refractivity contribution >= 4 is 22.6 Å². The van der Waals surface area contributed by atoms with Crippen LogP contribution < -0.4 is 4.90 Å². The third-order valence-corrected chi connectivity index (χ3v) is 4.57. The smallest absolute Gasteiger partial charge is 0.232 e. The molecule has 1 amide bonds. The van der Waals surface area contributed by atoms with Crippen molar-refractivity contribution in [3.63, 3.8) is 0 Å². The number of benzene rings is 1. The molecular formula is C18H19N5O. The highest BCUT2D eigenvalue weighted by molar-refractivity contribution is 5.94. The molecule has 0 bridgehead atoms.